The number of aliphatic hydroxyl groups excluding tert-OH is 1. The summed E-state index contributed by atoms with van der Waals surface area (Å²) in [5.74, 6) is -3.14. The predicted octanol–water partition coefficient (Wildman–Crippen LogP) is 2.10. The largest absolute Gasteiger partial charge is 0.466 e. The van der Waals surface area contributed by atoms with Crippen LogP contribution in [0.4, 0.5) is 5.69 Å². The first-order valence-electron chi connectivity index (χ1n) is 9.71. The number of β-amino-alcohol motifs (C(OH)–C–C–N with tert-alkyl or cyclic N) is 1. The highest BCUT2D eigenvalue weighted by atomic mass is 35.5. The van der Waals surface area contributed by atoms with E-state index in [0.717, 1.165) is 0 Å². The lowest BCUT2D eigenvalue weighted by Gasteiger charge is -2.32. The molecule has 2 amide bonds. The average Bonchev–Trinajstić information content (AvgIpc) is 2.96. The van der Waals surface area contributed by atoms with Gasteiger partial charge in [-0.2, -0.15) is 0 Å². The van der Waals surface area contributed by atoms with Gasteiger partial charge in [0.05, 0.1) is 25.0 Å². The van der Waals surface area contributed by atoms with Gasteiger partial charge in [-0.05, 0) is 37.1 Å². The van der Waals surface area contributed by atoms with E-state index in [2.05, 4.69) is 5.32 Å². The van der Waals surface area contributed by atoms with Crippen LogP contribution >= 0.6 is 11.6 Å². The normalized spacial score (nSPS) is 28.2. The van der Waals surface area contributed by atoms with E-state index in [1.54, 1.807) is 31.2 Å². The molecule has 0 saturated carbocycles. The van der Waals surface area contributed by atoms with Crippen LogP contribution in [0.25, 0.3) is 0 Å². The number of allylic oxidation sites excluding steroid dienone is 1. The topological polar surface area (TPSA) is 95.9 Å². The molecule has 0 spiro atoms. The zero-order valence-electron chi connectivity index (χ0n) is 16.4. The number of hydrogen-bond acceptors (Lipinski definition) is 5. The molecule has 1 saturated heterocycles. The molecular weight excluding hydrogens is 396 g/mol. The first-order valence-corrected chi connectivity index (χ1v) is 10.1. The number of halogens is 1. The average molecular weight is 421 g/mol. The number of carbonyl (C=O) groups excluding carboxylic acids is 3. The molecule has 1 heterocycles. The Morgan fingerprint density at radius 1 is 1.24 bits per heavy atom. The van der Waals surface area contributed by atoms with Gasteiger partial charge < -0.3 is 20.1 Å². The number of amides is 2. The lowest BCUT2D eigenvalue weighted by molar-refractivity contribution is -0.155. The summed E-state index contributed by atoms with van der Waals surface area (Å²) in [5.41, 5.74) is 0.550. The number of hydrogen-bond donors (Lipinski definition) is 2. The lowest BCUT2D eigenvalue weighted by Crippen LogP contribution is -2.45. The van der Waals surface area contributed by atoms with Crippen molar-refractivity contribution in [3.05, 3.63) is 41.4 Å². The van der Waals surface area contributed by atoms with E-state index in [9.17, 15) is 19.5 Å². The van der Waals surface area contributed by atoms with Crippen molar-refractivity contribution in [3.8, 4) is 0 Å². The second kappa shape index (κ2) is 8.97. The Bertz CT molecular complexity index is 810. The molecule has 0 unspecified atom stereocenters. The number of fused-ring (bicyclic) bond motifs is 1. The third-order valence-corrected chi connectivity index (χ3v) is 5.81. The number of anilines is 1. The van der Waals surface area contributed by atoms with E-state index in [4.69, 9.17) is 16.3 Å². The van der Waals surface area contributed by atoms with Crippen LogP contribution in [0.3, 0.4) is 0 Å². The van der Waals surface area contributed by atoms with Crippen molar-refractivity contribution in [2.24, 2.45) is 23.7 Å². The van der Waals surface area contributed by atoms with Crippen molar-refractivity contribution in [1.29, 1.82) is 0 Å². The van der Waals surface area contributed by atoms with Crippen LogP contribution in [0.1, 0.15) is 13.8 Å². The van der Waals surface area contributed by atoms with E-state index < -0.39 is 29.8 Å². The van der Waals surface area contributed by atoms with Crippen molar-refractivity contribution in [2.75, 3.05) is 25.1 Å². The molecule has 0 radical (unpaired) electrons. The number of nitrogens with one attached hydrogen (secondary N) is 1. The molecular formula is C21H25ClN2O5. The molecule has 5 atom stereocenters. The Labute approximate surface area is 174 Å². The van der Waals surface area contributed by atoms with Crippen molar-refractivity contribution in [2.45, 2.75) is 19.9 Å². The fourth-order valence-electron chi connectivity index (χ4n) is 4.29. The van der Waals surface area contributed by atoms with Crippen molar-refractivity contribution in [1.82, 2.24) is 4.90 Å². The minimum absolute atomic E-state index is 0.0162. The fraction of sp³-hybridized carbons (Fsp3) is 0.476. The van der Waals surface area contributed by atoms with Gasteiger partial charge in [0.15, 0.2) is 0 Å². The number of rotatable bonds is 6. The Kier molecular flexibility index (Phi) is 6.59. The molecule has 1 aliphatic carbocycles. The molecule has 2 N–H and O–H groups in total. The maximum absolute atomic E-state index is 13.2. The molecule has 1 aromatic carbocycles. The number of carbonyl (C=O) groups is 3. The third-order valence-electron chi connectivity index (χ3n) is 5.55. The molecule has 1 aliphatic heterocycles. The fourth-order valence-corrected chi connectivity index (χ4v) is 4.41. The highest BCUT2D eigenvalue weighted by molar-refractivity contribution is 6.30. The maximum Gasteiger partial charge on any atom is 0.310 e. The van der Waals surface area contributed by atoms with Crippen LogP contribution < -0.4 is 5.32 Å². The molecule has 3 rings (SSSR count). The van der Waals surface area contributed by atoms with E-state index >= 15 is 0 Å². The zero-order chi connectivity index (χ0) is 21.1. The number of likely N-dealkylation sites (tertiary alicyclic amines) is 1. The van der Waals surface area contributed by atoms with Crippen LogP contribution in [-0.2, 0) is 19.1 Å². The van der Waals surface area contributed by atoms with Crippen molar-refractivity contribution < 1.29 is 24.2 Å². The standard InChI is InChI=1S/C21H25ClN2O5/c1-3-29-21(28)16-12(2)4-9-15-17(16)20(27)24(10-11-25)18(15)19(26)23-14-7-5-13(22)6-8-14/h4-9,12,15-18,25H,3,10-11H2,1-2H3,(H,23,26)/t12-,15+,16-,17-,18+/m1/s1. The molecule has 1 fully saturated rings. The number of nitrogens with zero attached hydrogens (tertiary/aromatic N) is 1. The summed E-state index contributed by atoms with van der Waals surface area (Å²) < 4.78 is 5.20. The van der Waals surface area contributed by atoms with Crippen molar-refractivity contribution in [3.63, 3.8) is 0 Å². The second-order valence-electron chi connectivity index (χ2n) is 7.32. The van der Waals surface area contributed by atoms with Gasteiger partial charge in [-0.3, -0.25) is 14.4 Å². The first kappa shape index (κ1) is 21.3. The quantitative estimate of drug-likeness (QED) is 0.542. The third kappa shape index (κ3) is 4.16. The smallest absolute Gasteiger partial charge is 0.310 e. The Balaban J connectivity index is 1.92. The van der Waals surface area contributed by atoms with Gasteiger partial charge in [-0.15, -0.1) is 0 Å². The summed E-state index contributed by atoms with van der Waals surface area (Å²) in [4.78, 5) is 40.2. The predicted molar refractivity (Wildman–Crippen MR) is 108 cm³/mol. The van der Waals surface area contributed by atoms with Gasteiger partial charge in [0.2, 0.25) is 11.8 Å². The molecule has 29 heavy (non-hydrogen) atoms. The summed E-state index contributed by atoms with van der Waals surface area (Å²) >= 11 is 5.89. The Hall–Kier alpha value is -2.38. The lowest BCUT2D eigenvalue weighted by atomic mass is 9.70. The monoisotopic (exact) mass is 420 g/mol. The van der Waals surface area contributed by atoms with Crippen molar-refractivity contribution >= 4 is 35.1 Å². The summed E-state index contributed by atoms with van der Waals surface area (Å²) in [6.07, 6.45) is 3.70. The summed E-state index contributed by atoms with van der Waals surface area (Å²) in [6, 6.07) is 5.83. The number of esters is 1. The molecule has 156 valence electrons. The van der Waals surface area contributed by atoms with E-state index in [-0.39, 0.29) is 37.5 Å². The van der Waals surface area contributed by atoms with Crippen LogP contribution in [0, 0.1) is 23.7 Å². The van der Waals surface area contributed by atoms with Crippen LogP contribution in [-0.4, -0.2) is 53.6 Å². The number of ether oxygens (including phenoxy) is 1. The Morgan fingerprint density at radius 2 is 1.93 bits per heavy atom. The van der Waals surface area contributed by atoms with Crippen LogP contribution in [0.5, 0.6) is 0 Å². The first-order chi connectivity index (χ1) is 13.9. The summed E-state index contributed by atoms with van der Waals surface area (Å²) in [5, 5.41) is 12.8. The minimum atomic E-state index is -0.823. The highest BCUT2D eigenvalue weighted by Crippen LogP contribution is 2.44. The van der Waals surface area contributed by atoms with Gasteiger partial charge in [-0.25, -0.2) is 0 Å². The van der Waals surface area contributed by atoms with Crippen LogP contribution in [0.15, 0.2) is 36.4 Å². The van der Waals surface area contributed by atoms with Gasteiger partial charge in [-0.1, -0.05) is 30.7 Å². The molecule has 7 nitrogen and oxygen atoms in total. The van der Waals surface area contributed by atoms with Gasteiger partial charge in [0.25, 0.3) is 0 Å². The van der Waals surface area contributed by atoms with E-state index in [1.807, 2.05) is 19.1 Å². The highest BCUT2D eigenvalue weighted by Gasteiger charge is 2.56. The molecule has 8 heteroatoms. The van der Waals surface area contributed by atoms with Gasteiger partial charge in [0, 0.05) is 23.2 Å². The molecule has 1 aromatic rings. The summed E-state index contributed by atoms with van der Waals surface area (Å²) in [7, 11) is 0. The molecule has 2 aliphatic rings. The zero-order valence-corrected chi connectivity index (χ0v) is 17.1. The maximum atomic E-state index is 13.2. The number of benzene rings is 1. The van der Waals surface area contributed by atoms with Gasteiger partial charge >= 0.3 is 5.97 Å². The van der Waals surface area contributed by atoms with Gasteiger partial charge in [0.1, 0.15) is 6.04 Å². The van der Waals surface area contributed by atoms with E-state index in [0.29, 0.717) is 10.7 Å². The summed E-state index contributed by atoms with van der Waals surface area (Å²) in [6.45, 7) is 3.54. The molecule has 0 bridgehead atoms. The Morgan fingerprint density at radius 3 is 2.55 bits per heavy atom. The van der Waals surface area contributed by atoms with E-state index in [1.165, 1.54) is 4.90 Å². The SMILES string of the molecule is CCOC(=O)[C@H]1[C@@H]2C(=O)N(CCO)[C@H](C(=O)Nc3ccc(Cl)cc3)[C@H]2C=C[C@H]1C. The molecule has 0 aromatic heterocycles. The minimum Gasteiger partial charge on any atom is -0.466 e. The van der Waals surface area contributed by atoms with Crippen LogP contribution in [0.2, 0.25) is 5.02 Å². The number of aliphatic hydroxyl groups is 1. The second-order valence-corrected chi connectivity index (χ2v) is 7.76.